The summed E-state index contributed by atoms with van der Waals surface area (Å²) in [6.07, 6.45) is 6.70. The van der Waals surface area contributed by atoms with Crippen LogP contribution in [0.4, 0.5) is 11.4 Å². The van der Waals surface area contributed by atoms with Crippen molar-refractivity contribution in [1.29, 1.82) is 0 Å². The third-order valence-electron chi connectivity index (χ3n) is 5.34. The van der Waals surface area contributed by atoms with E-state index in [-0.39, 0.29) is 0 Å². The van der Waals surface area contributed by atoms with Gasteiger partial charge < -0.3 is 16.2 Å². The van der Waals surface area contributed by atoms with E-state index >= 15 is 0 Å². The van der Waals surface area contributed by atoms with Gasteiger partial charge in [0.2, 0.25) is 0 Å². The van der Waals surface area contributed by atoms with Crippen molar-refractivity contribution in [2.75, 3.05) is 11.5 Å². The molecule has 0 bridgehead atoms. The largest absolute Gasteiger partial charge is 0.489 e. The molecule has 3 nitrogen and oxygen atoms in total. The van der Waals surface area contributed by atoms with Crippen molar-refractivity contribution in [2.24, 2.45) is 5.92 Å². The monoisotopic (exact) mass is 324 g/mol. The molecule has 2 aromatic carbocycles. The van der Waals surface area contributed by atoms with Gasteiger partial charge in [0.15, 0.2) is 0 Å². The SMILES string of the molecule is CCC1CCC(c2ccc(OCc3cc(N)ccc3N)cc2)CC1. The van der Waals surface area contributed by atoms with Crippen LogP contribution in [0.3, 0.4) is 0 Å². The Hall–Kier alpha value is -2.16. The summed E-state index contributed by atoms with van der Waals surface area (Å²) in [5, 5.41) is 0. The maximum Gasteiger partial charge on any atom is 0.119 e. The lowest BCUT2D eigenvalue weighted by Gasteiger charge is -2.28. The van der Waals surface area contributed by atoms with Crippen LogP contribution in [0, 0.1) is 5.92 Å². The standard InChI is InChI=1S/C21H28N2O/c1-2-15-3-5-16(6-4-15)17-7-10-20(11-8-17)24-14-18-13-19(22)9-12-21(18)23/h7-13,15-16H,2-6,14,22-23H2,1H3. The zero-order chi connectivity index (χ0) is 16.9. The van der Waals surface area contributed by atoms with E-state index in [1.54, 1.807) is 6.07 Å². The van der Waals surface area contributed by atoms with E-state index in [4.69, 9.17) is 16.2 Å². The van der Waals surface area contributed by atoms with Crippen LogP contribution in [0.1, 0.15) is 56.1 Å². The Balaban J connectivity index is 1.58. The highest BCUT2D eigenvalue weighted by Crippen LogP contribution is 2.37. The van der Waals surface area contributed by atoms with Gasteiger partial charge in [-0.1, -0.05) is 25.5 Å². The Morgan fingerprint density at radius 3 is 2.33 bits per heavy atom. The van der Waals surface area contributed by atoms with Gasteiger partial charge >= 0.3 is 0 Å². The number of rotatable bonds is 5. The van der Waals surface area contributed by atoms with Crippen LogP contribution in [-0.4, -0.2) is 0 Å². The van der Waals surface area contributed by atoms with E-state index in [1.807, 2.05) is 12.1 Å². The van der Waals surface area contributed by atoms with Gasteiger partial charge in [-0.3, -0.25) is 0 Å². The Labute approximate surface area is 145 Å². The lowest BCUT2D eigenvalue weighted by atomic mass is 9.78. The van der Waals surface area contributed by atoms with Crippen LogP contribution in [0.2, 0.25) is 0 Å². The summed E-state index contributed by atoms with van der Waals surface area (Å²) in [6.45, 7) is 2.75. The number of nitrogen functional groups attached to an aromatic ring is 2. The first-order chi connectivity index (χ1) is 11.7. The third-order valence-corrected chi connectivity index (χ3v) is 5.34. The van der Waals surface area contributed by atoms with E-state index in [0.717, 1.165) is 17.2 Å². The molecular weight excluding hydrogens is 296 g/mol. The smallest absolute Gasteiger partial charge is 0.119 e. The van der Waals surface area contributed by atoms with E-state index in [1.165, 1.54) is 37.7 Å². The molecule has 4 N–H and O–H groups in total. The maximum absolute atomic E-state index is 5.96. The highest BCUT2D eigenvalue weighted by Gasteiger charge is 2.21. The Morgan fingerprint density at radius 1 is 0.958 bits per heavy atom. The molecular formula is C21H28N2O. The van der Waals surface area contributed by atoms with Crippen molar-refractivity contribution in [2.45, 2.75) is 51.6 Å². The summed E-state index contributed by atoms with van der Waals surface area (Å²) >= 11 is 0. The van der Waals surface area contributed by atoms with Gasteiger partial charge in [-0.2, -0.15) is 0 Å². The fraction of sp³-hybridized carbons (Fsp3) is 0.429. The average Bonchev–Trinajstić information content (AvgIpc) is 2.63. The minimum Gasteiger partial charge on any atom is -0.489 e. The molecule has 0 heterocycles. The van der Waals surface area contributed by atoms with Crippen LogP contribution in [0.5, 0.6) is 5.75 Å². The predicted molar refractivity (Wildman–Crippen MR) is 101 cm³/mol. The number of benzene rings is 2. The summed E-state index contributed by atoms with van der Waals surface area (Å²) in [5.74, 6) is 2.53. The van der Waals surface area contributed by atoms with E-state index in [2.05, 4.69) is 31.2 Å². The zero-order valence-electron chi connectivity index (χ0n) is 14.5. The molecule has 2 aromatic rings. The molecule has 1 fully saturated rings. The van der Waals surface area contributed by atoms with Crippen molar-refractivity contribution >= 4 is 11.4 Å². The first-order valence-electron chi connectivity index (χ1n) is 9.02. The van der Waals surface area contributed by atoms with Crippen LogP contribution in [0.25, 0.3) is 0 Å². The van der Waals surface area contributed by atoms with Gasteiger partial charge in [-0.15, -0.1) is 0 Å². The summed E-state index contributed by atoms with van der Waals surface area (Å²) in [4.78, 5) is 0. The molecule has 0 unspecified atom stereocenters. The second kappa shape index (κ2) is 7.61. The fourth-order valence-electron chi connectivity index (χ4n) is 3.65. The first-order valence-corrected chi connectivity index (χ1v) is 9.02. The molecule has 0 atom stereocenters. The molecule has 3 heteroatoms. The van der Waals surface area contributed by atoms with E-state index < -0.39 is 0 Å². The van der Waals surface area contributed by atoms with Crippen LogP contribution in [0.15, 0.2) is 42.5 Å². The predicted octanol–water partition coefficient (Wildman–Crippen LogP) is 5.11. The van der Waals surface area contributed by atoms with Gasteiger partial charge in [-0.05, 0) is 73.4 Å². The minimum atomic E-state index is 0.442. The number of anilines is 2. The minimum absolute atomic E-state index is 0.442. The Kier molecular flexibility index (Phi) is 5.29. The first kappa shape index (κ1) is 16.7. The van der Waals surface area contributed by atoms with Crippen molar-refractivity contribution in [3.63, 3.8) is 0 Å². The van der Waals surface area contributed by atoms with Crippen molar-refractivity contribution in [1.82, 2.24) is 0 Å². The van der Waals surface area contributed by atoms with Crippen molar-refractivity contribution < 1.29 is 4.74 Å². The highest BCUT2D eigenvalue weighted by molar-refractivity contribution is 5.55. The van der Waals surface area contributed by atoms with Crippen molar-refractivity contribution in [3.05, 3.63) is 53.6 Å². The summed E-state index contributed by atoms with van der Waals surface area (Å²) in [6, 6.07) is 14.1. The lowest BCUT2D eigenvalue weighted by Crippen LogP contribution is -2.12. The topological polar surface area (TPSA) is 61.3 Å². The molecule has 0 amide bonds. The van der Waals surface area contributed by atoms with Gasteiger partial charge in [0, 0.05) is 16.9 Å². The van der Waals surface area contributed by atoms with Crippen LogP contribution in [-0.2, 0) is 6.61 Å². The third kappa shape index (κ3) is 4.02. The number of nitrogens with two attached hydrogens (primary N) is 2. The fourth-order valence-corrected chi connectivity index (χ4v) is 3.65. The number of hydrogen-bond donors (Lipinski definition) is 2. The molecule has 0 spiro atoms. The molecule has 0 radical (unpaired) electrons. The lowest BCUT2D eigenvalue weighted by molar-refractivity contribution is 0.305. The second-order valence-electron chi connectivity index (χ2n) is 6.94. The van der Waals surface area contributed by atoms with Gasteiger partial charge in [0.05, 0.1) is 0 Å². The Bertz CT molecular complexity index is 658. The molecule has 3 rings (SSSR count). The highest BCUT2D eigenvalue weighted by atomic mass is 16.5. The summed E-state index contributed by atoms with van der Waals surface area (Å²) < 4.78 is 5.87. The summed E-state index contributed by atoms with van der Waals surface area (Å²) in [7, 11) is 0. The Morgan fingerprint density at radius 2 is 1.67 bits per heavy atom. The molecule has 128 valence electrons. The molecule has 24 heavy (non-hydrogen) atoms. The van der Waals surface area contributed by atoms with Gasteiger partial charge in [-0.25, -0.2) is 0 Å². The summed E-state index contributed by atoms with van der Waals surface area (Å²) in [5.41, 5.74) is 15.6. The van der Waals surface area contributed by atoms with E-state index in [9.17, 15) is 0 Å². The van der Waals surface area contributed by atoms with Gasteiger partial charge in [0.25, 0.3) is 0 Å². The molecule has 1 aliphatic rings. The van der Waals surface area contributed by atoms with Crippen LogP contribution >= 0.6 is 0 Å². The maximum atomic E-state index is 5.96. The normalized spacial score (nSPS) is 20.7. The average molecular weight is 324 g/mol. The van der Waals surface area contributed by atoms with Crippen LogP contribution < -0.4 is 16.2 Å². The number of ether oxygens (including phenoxy) is 1. The zero-order valence-corrected chi connectivity index (χ0v) is 14.5. The molecule has 0 saturated heterocycles. The van der Waals surface area contributed by atoms with Crippen molar-refractivity contribution in [3.8, 4) is 5.75 Å². The quantitative estimate of drug-likeness (QED) is 0.751. The van der Waals surface area contributed by atoms with Gasteiger partial charge in [0.1, 0.15) is 12.4 Å². The molecule has 1 aliphatic carbocycles. The molecule has 1 saturated carbocycles. The number of hydrogen-bond acceptors (Lipinski definition) is 3. The van der Waals surface area contributed by atoms with E-state index in [0.29, 0.717) is 23.9 Å². The molecule has 0 aliphatic heterocycles. The molecule has 0 aromatic heterocycles. The second-order valence-corrected chi connectivity index (χ2v) is 6.94.